The molecule has 0 aliphatic carbocycles. The minimum atomic E-state index is -0.492. The van der Waals surface area contributed by atoms with E-state index >= 15 is 0 Å². The van der Waals surface area contributed by atoms with E-state index in [1.54, 1.807) is 4.90 Å². The summed E-state index contributed by atoms with van der Waals surface area (Å²) >= 11 is 0. The lowest BCUT2D eigenvalue weighted by molar-refractivity contribution is 0.0197. The molecule has 1 saturated heterocycles. The summed E-state index contributed by atoms with van der Waals surface area (Å²) < 4.78 is 5.52. The van der Waals surface area contributed by atoms with Gasteiger partial charge >= 0.3 is 6.09 Å². The highest BCUT2D eigenvalue weighted by Crippen LogP contribution is 2.28. The van der Waals surface area contributed by atoms with E-state index in [0.717, 1.165) is 30.0 Å². The summed E-state index contributed by atoms with van der Waals surface area (Å²) in [4.78, 5) is 23.3. The van der Waals surface area contributed by atoms with Crippen molar-refractivity contribution in [3.05, 3.63) is 29.3 Å². The molecule has 1 fully saturated rings. The molecule has 0 radical (unpaired) electrons. The van der Waals surface area contributed by atoms with Crippen LogP contribution in [0.3, 0.4) is 0 Å². The van der Waals surface area contributed by atoms with E-state index < -0.39 is 5.60 Å². The Morgan fingerprint density at radius 2 is 2.04 bits per heavy atom. The van der Waals surface area contributed by atoms with Gasteiger partial charge in [-0.15, -0.1) is 0 Å². The smallest absolute Gasteiger partial charge is 0.410 e. The average Bonchev–Trinajstić information content (AvgIpc) is 2.98. The van der Waals surface area contributed by atoms with Crippen LogP contribution in [-0.4, -0.2) is 49.8 Å². The number of nitrogens with one attached hydrogen (secondary N) is 2. The predicted octanol–water partition coefficient (Wildman–Crippen LogP) is 3.67. The number of aromatic amines is 1. The molecule has 1 aliphatic heterocycles. The Morgan fingerprint density at radius 1 is 1.26 bits per heavy atom. The van der Waals surface area contributed by atoms with Crippen LogP contribution >= 0.6 is 0 Å². The zero-order chi connectivity index (χ0) is 19.6. The van der Waals surface area contributed by atoms with Crippen molar-refractivity contribution in [1.29, 1.82) is 0 Å². The van der Waals surface area contributed by atoms with Gasteiger partial charge in [0.25, 0.3) is 0 Å². The fourth-order valence-electron chi connectivity index (χ4n) is 3.19. The second-order valence-corrected chi connectivity index (χ2v) is 8.05. The zero-order valence-corrected chi connectivity index (χ0v) is 16.7. The number of nitrogens with zero attached hydrogens (tertiary/aromatic N) is 4. The third-order valence-corrected chi connectivity index (χ3v) is 4.31. The first-order chi connectivity index (χ1) is 12.7. The fraction of sp³-hybridized carbons (Fsp3) is 0.579. The number of aryl methyl sites for hydroxylation is 2. The fourth-order valence-corrected chi connectivity index (χ4v) is 3.19. The molecule has 3 heterocycles. The summed E-state index contributed by atoms with van der Waals surface area (Å²) in [5, 5.41) is 10.3. The van der Waals surface area contributed by atoms with Crippen LogP contribution in [-0.2, 0) is 4.74 Å². The maximum Gasteiger partial charge on any atom is 0.410 e. The number of carbonyl (C=O) groups is 1. The molecule has 146 valence electrons. The van der Waals surface area contributed by atoms with E-state index in [-0.39, 0.29) is 12.0 Å². The normalized spacial score (nSPS) is 17.7. The maximum atomic E-state index is 12.4. The quantitative estimate of drug-likeness (QED) is 0.853. The monoisotopic (exact) mass is 372 g/mol. The second kappa shape index (κ2) is 7.54. The second-order valence-electron chi connectivity index (χ2n) is 8.05. The molecule has 1 aliphatic rings. The molecule has 1 amide bonds. The van der Waals surface area contributed by atoms with Crippen LogP contribution in [0.5, 0.6) is 0 Å². The summed E-state index contributed by atoms with van der Waals surface area (Å²) in [6.07, 6.45) is 1.65. The van der Waals surface area contributed by atoms with Gasteiger partial charge in [0.2, 0.25) is 0 Å². The van der Waals surface area contributed by atoms with Crippen LogP contribution < -0.4 is 5.32 Å². The predicted molar refractivity (Wildman–Crippen MR) is 103 cm³/mol. The molecule has 0 unspecified atom stereocenters. The van der Waals surface area contributed by atoms with Gasteiger partial charge in [0, 0.05) is 36.8 Å². The van der Waals surface area contributed by atoms with Crippen molar-refractivity contribution in [2.45, 2.75) is 59.0 Å². The summed E-state index contributed by atoms with van der Waals surface area (Å²) in [6.45, 7) is 10.8. The average molecular weight is 372 g/mol. The molecular formula is C19H28N6O2. The molecule has 3 rings (SSSR count). The lowest BCUT2D eigenvalue weighted by Gasteiger charge is -2.34. The number of hydrogen-bond acceptors (Lipinski definition) is 6. The summed E-state index contributed by atoms with van der Waals surface area (Å²) in [5.74, 6) is 2.28. The van der Waals surface area contributed by atoms with Gasteiger partial charge in [-0.2, -0.15) is 5.10 Å². The van der Waals surface area contributed by atoms with Crippen molar-refractivity contribution >= 4 is 17.7 Å². The molecular weight excluding hydrogens is 344 g/mol. The Labute approximate surface area is 159 Å². The highest BCUT2D eigenvalue weighted by molar-refractivity contribution is 5.68. The van der Waals surface area contributed by atoms with E-state index in [0.29, 0.717) is 24.7 Å². The Hall–Kier alpha value is -2.64. The van der Waals surface area contributed by atoms with Crippen LogP contribution in [0.2, 0.25) is 0 Å². The largest absolute Gasteiger partial charge is 0.444 e. The number of H-pyrrole nitrogens is 1. The molecule has 0 bridgehead atoms. The first-order valence-corrected chi connectivity index (χ1v) is 9.32. The number of piperidine rings is 1. The van der Waals surface area contributed by atoms with E-state index in [2.05, 4.69) is 25.5 Å². The minimum Gasteiger partial charge on any atom is -0.444 e. The van der Waals surface area contributed by atoms with Crippen LogP contribution in [0.25, 0.3) is 0 Å². The van der Waals surface area contributed by atoms with Crippen LogP contribution in [0, 0.1) is 13.8 Å². The number of amides is 1. The molecule has 8 heteroatoms. The van der Waals surface area contributed by atoms with Gasteiger partial charge < -0.3 is 15.0 Å². The molecule has 2 N–H and O–H groups in total. The number of anilines is 2. The van der Waals surface area contributed by atoms with Gasteiger partial charge in [-0.05, 0) is 47.5 Å². The van der Waals surface area contributed by atoms with Crippen molar-refractivity contribution in [1.82, 2.24) is 25.1 Å². The van der Waals surface area contributed by atoms with Crippen LogP contribution in [0.1, 0.15) is 56.7 Å². The molecule has 1 atom stereocenters. The number of aromatic nitrogens is 4. The van der Waals surface area contributed by atoms with Crippen molar-refractivity contribution in [3.8, 4) is 0 Å². The molecule has 8 nitrogen and oxygen atoms in total. The number of likely N-dealkylation sites (tertiary alicyclic amines) is 1. The summed E-state index contributed by atoms with van der Waals surface area (Å²) in [6, 6.07) is 3.86. The lowest BCUT2D eigenvalue weighted by Crippen LogP contribution is -2.42. The lowest BCUT2D eigenvalue weighted by atomic mass is 9.94. The molecule has 2 aromatic rings. The van der Waals surface area contributed by atoms with Gasteiger partial charge in [-0.25, -0.2) is 14.8 Å². The topological polar surface area (TPSA) is 96.0 Å². The Bertz CT molecular complexity index is 811. The zero-order valence-electron chi connectivity index (χ0n) is 16.7. The van der Waals surface area contributed by atoms with Crippen molar-refractivity contribution in [2.24, 2.45) is 0 Å². The van der Waals surface area contributed by atoms with Gasteiger partial charge in [-0.1, -0.05) is 0 Å². The minimum absolute atomic E-state index is 0.162. The first kappa shape index (κ1) is 19.1. The van der Waals surface area contributed by atoms with Crippen molar-refractivity contribution in [2.75, 3.05) is 18.4 Å². The van der Waals surface area contributed by atoms with E-state index in [4.69, 9.17) is 4.74 Å². The Kier molecular flexibility index (Phi) is 5.34. The SMILES string of the molecule is Cc1nc(Nc2cc(C)[nH]n2)cc([C@H]2CCCN(C(=O)OC(C)(C)C)C2)n1. The van der Waals surface area contributed by atoms with Crippen molar-refractivity contribution < 1.29 is 9.53 Å². The third-order valence-electron chi connectivity index (χ3n) is 4.31. The highest BCUT2D eigenvalue weighted by atomic mass is 16.6. The summed E-state index contributed by atoms with van der Waals surface area (Å²) in [5.41, 5.74) is 1.42. The molecule has 27 heavy (non-hydrogen) atoms. The van der Waals surface area contributed by atoms with Gasteiger partial charge in [0.1, 0.15) is 17.2 Å². The number of hydrogen-bond donors (Lipinski definition) is 2. The maximum absolute atomic E-state index is 12.4. The standard InChI is InChI=1S/C19H28N6O2/c1-12-9-17(24-23-12)22-16-10-15(20-13(2)21-16)14-7-6-8-25(11-14)18(26)27-19(3,4)5/h9-10,14H,6-8,11H2,1-5H3,(H2,20,21,22,23,24)/t14-/m0/s1. The Balaban J connectivity index is 1.74. The van der Waals surface area contributed by atoms with Gasteiger partial charge in [0.15, 0.2) is 5.82 Å². The first-order valence-electron chi connectivity index (χ1n) is 9.32. The van der Waals surface area contributed by atoms with Crippen LogP contribution in [0.4, 0.5) is 16.4 Å². The summed E-state index contributed by atoms with van der Waals surface area (Å²) in [7, 11) is 0. The Morgan fingerprint density at radius 3 is 2.70 bits per heavy atom. The molecule has 0 spiro atoms. The highest BCUT2D eigenvalue weighted by Gasteiger charge is 2.29. The van der Waals surface area contributed by atoms with E-state index in [1.807, 2.05) is 46.8 Å². The van der Waals surface area contributed by atoms with Gasteiger partial charge in [-0.3, -0.25) is 5.10 Å². The third kappa shape index (κ3) is 5.18. The molecule has 0 saturated carbocycles. The van der Waals surface area contributed by atoms with Crippen molar-refractivity contribution in [3.63, 3.8) is 0 Å². The number of rotatable bonds is 3. The molecule has 0 aromatic carbocycles. The van der Waals surface area contributed by atoms with E-state index in [1.165, 1.54) is 0 Å². The molecule has 2 aromatic heterocycles. The van der Waals surface area contributed by atoms with Gasteiger partial charge in [0.05, 0.1) is 5.69 Å². The number of ether oxygens (including phenoxy) is 1. The van der Waals surface area contributed by atoms with Crippen LogP contribution in [0.15, 0.2) is 12.1 Å². The number of carbonyl (C=O) groups excluding carboxylic acids is 1. The van der Waals surface area contributed by atoms with E-state index in [9.17, 15) is 4.79 Å².